The number of carbonyl (C=O) groups is 1. The van der Waals surface area contributed by atoms with E-state index in [1.165, 1.54) is 9.60 Å². The molecule has 1 N–H and O–H groups in total. The second kappa shape index (κ2) is 11.5. The number of fused-ring (bicyclic) bond motifs is 1. The summed E-state index contributed by atoms with van der Waals surface area (Å²) in [5.74, 6) is 1.84. The molecule has 0 spiro atoms. The maximum absolute atomic E-state index is 12.1. The number of benzene rings is 2. The zero-order valence-electron chi connectivity index (χ0n) is 18.5. The molecular formula is C24H30N4O2S2. The van der Waals surface area contributed by atoms with Crippen LogP contribution in [-0.2, 0) is 4.79 Å². The van der Waals surface area contributed by atoms with E-state index in [-0.39, 0.29) is 5.91 Å². The Hall–Kier alpha value is -2.29. The van der Waals surface area contributed by atoms with Gasteiger partial charge in [0, 0.05) is 56.3 Å². The van der Waals surface area contributed by atoms with Crippen molar-refractivity contribution in [3.8, 4) is 5.75 Å². The molecule has 0 atom stereocenters. The molecule has 32 heavy (non-hydrogen) atoms. The first-order valence-corrected chi connectivity index (χ1v) is 13.0. The van der Waals surface area contributed by atoms with Gasteiger partial charge >= 0.3 is 0 Å². The number of aromatic nitrogens is 1. The fourth-order valence-electron chi connectivity index (χ4n) is 3.67. The molecular weight excluding hydrogens is 440 g/mol. The van der Waals surface area contributed by atoms with E-state index in [1.54, 1.807) is 23.1 Å². The minimum atomic E-state index is 0.132. The largest absolute Gasteiger partial charge is 0.494 e. The van der Waals surface area contributed by atoms with Crippen LogP contribution in [0, 0.1) is 0 Å². The standard InChI is InChI=1S/C24H30N4O2S2/c1-2-30-19-8-9-21-22(18-19)32-24(26-21)28-15-13-27(14-16-28)12-11-25-23(29)10-17-31-20-6-4-3-5-7-20/h3-9,18H,2,10-17H2,1H3,(H,25,29). The van der Waals surface area contributed by atoms with Crippen LogP contribution in [0.4, 0.5) is 5.13 Å². The highest BCUT2D eigenvalue weighted by atomic mass is 32.2. The number of piperazine rings is 1. The number of hydrogen-bond donors (Lipinski definition) is 1. The minimum absolute atomic E-state index is 0.132. The van der Waals surface area contributed by atoms with Crippen LogP contribution in [0.3, 0.4) is 0 Å². The van der Waals surface area contributed by atoms with Gasteiger partial charge in [-0.2, -0.15) is 0 Å². The molecule has 1 aromatic heterocycles. The summed E-state index contributed by atoms with van der Waals surface area (Å²) < 4.78 is 6.77. The molecule has 8 heteroatoms. The summed E-state index contributed by atoms with van der Waals surface area (Å²) in [6.07, 6.45) is 0.552. The van der Waals surface area contributed by atoms with E-state index < -0.39 is 0 Å². The van der Waals surface area contributed by atoms with E-state index in [0.29, 0.717) is 19.6 Å². The fraction of sp³-hybridized carbons (Fsp3) is 0.417. The van der Waals surface area contributed by atoms with Crippen molar-refractivity contribution in [2.24, 2.45) is 0 Å². The van der Waals surface area contributed by atoms with Crippen LogP contribution in [0.15, 0.2) is 53.4 Å². The maximum atomic E-state index is 12.1. The molecule has 1 saturated heterocycles. The van der Waals surface area contributed by atoms with Crippen LogP contribution in [-0.4, -0.2) is 67.4 Å². The predicted molar refractivity (Wildman–Crippen MR) is 134 cm³/mol. The van der Waals surface area contributed by atoms with Crippen molar-refractivity contribution in [1.82, 2.24) is 15.2 Å². The van der Waals surface area contributed by atoms with Gasteiger partial charge in [0.15, 0.2) is 5.13 Å². The number of thiazole rings is 1. The smallest absolute Gasteiger partial charge is 0.220 e. The van der Waals surface area contributed by atoms with Crippen LogP contribution in [0.5, 0.6) is 5.75 Å². The van der Waals surface area contributed by atoms with Gasteiger partial charge in [-0.1, -0.05) is 29.5 Å². The van der Waals surface area contributed by atoms with Gasteiger partial charge in [0.05, 0.1) is 16.8 Å². The predicted octanol–water partition coefficient (Wildman–Crippen LogP) is 4.12. The topological polar surface area (TPSA) is 57.7 Å². The van der Waals surface area contributed by atoms with Crippen LogP contribution in [0.2, 0.25) is 0 Å². The molecule has 0 radical (unpaired) electrons. The molecule has 1 amide bonds. The van der Waals surface area contributed by atoms with Gasteiger partial charge in [-0.15, -0.1) is 11.8 Å². The maximum Gasteiger partial charge on any atom is 0.220 e. The molecule has 4 rings (SSSR count). The summed E-state index contributed by atoms with van der Waals surface area (Å²) in [6, 6.07) is 16.3. The Kier molecular flexibility index (Phi) is 8.25. The first kappa shape index (κ1) is 22.9. The van der Waals surface area contributed by atoms with E-state index in [4.69, 9.17) is 9.72 Å². The van der Waals surface area contributed by atoms with Gasteiger partial charge < -0.3 is 15.0 Å². The summed E-state index contributed by atoms with van der Waals surface area (Å²) in [6.45, 7) is 8.16. The Morgan fingerprint density at radius 3 is 2.75 bits per heavy atom. The van der Waals surface area contributed by atoms with Gasteiger partial charge in [-0.3, -0.25) is 9.69 Å². The Morgan fingerprint density at radius 1 is 1.16 bits per heavy atom. The molecule has 3 aromatic rings. The summed E-state index contributed by atoms with van der Waals surface area (Å²) >= 11 is 3.45. The van der Waals surface area contributed by atoms with E-state index >= 15 is 0 Å². The molecule has 2 aromatic carbocycles. The summed E-state index contributed by atoms with van der Waals surface area (Å²) in [4.78, 5) is 22.9. The van der Waals surface area contributed by atoms with Crippen molar-refractivity contribution in [3.05, 3.63) is 48.5 Å². The number of ether oxygens (including phenoxy) is 1. The van der Waals surface area contributed by atoms with Crippen molar-refractivity contribution in [2.45, 2.75) is 18.2 Å². The molecule has 0 unspecified atom stereocenters. The molecule has 1 aliphatic rings. The monoisotopic (exact) mass is 470 g/mol. The minimum Gasteiger partial charge on any atom is -0.494 e. The Bertz CT molecular complexity index is 1000. The fourth-order valence-corrected chi connectivity index (χ4v) is 5.59. The first-order chi connectivity index (χ1) is 15.7. The van der Waals surface area contributed by atoms with Gasteiger partial charge in [0.1, 0.15) is 5.75 Å². The van der Waals surface area contributed by atoms with Crippen LogP contribution in [0.1, 0.15) is 13.3 Å². The zero-order valence-corrected chi connectivity index (χ0v) is 20.1. The molecule has 0 bridgehead atoms. The quantitative estimate of drug-likeness (QED) is 0.450. The highest BCUT2D eigenvalue weighted by molar-refractivity contribution is 7.99. The molecule has 0 saturated carbocycles. The van der Waals surface area contributed by atoms with Crippen molar-refractivity contribution in [1.29, 1.82) is 0 Å². The highest BCUT2D eigenvalue weighted by Crippen LogP contribution is 2.32. The number of amides is 1. The number of nitrogens with zero attached hydrogens (tertiary/aromatic N) is 3. The third kappa shape index (κ3) is 6.37. The molecule has 2 heterocycles. The van der Waals surface area contributed by atoms with Crippen molar-refractivity contribution in [3.63, 3.8) is 0 Å². The van der Waals surface area contributed by atoms with Crippen LogP contribution >= 0.6 is 23.1 Å². The highest BCUT2D eigenvalue weighted by Gasteiger charge is 2.20. The lowest BCUT2D eigenvalue weighted by Crippen LogP contribution is -2.48. The van der Waals surface area contributed by atoms with Crippen molar-refractivity contribution < 1.29 is 9.53 Å². The SMILES string of the molecule is CCOc1ccc2nc(N3CCN(CCNC(=O)CCSc4ccccc4)CC3)sc2c1. The van der Waals surface area contributed by atoms with Crippen molar-refractivity contribution in [2.75, 3.05) is 56.5 Å². The second-order valence-electron chi connectivity index (χ2n) is 7.65. The summed E-state index contributed by atoms with van der Waals surface area (Å²) in [7, 11) is 0. The average Bonchev–Trinajstić information content (AvgIpc) is 3.24. The normalized spacial score (nSPS) is 14.6. The summed E-state index contributed by atoms with van der Waals surface area (Å²) in [5, 5.41) is 4.14. The molecule has 170 valence electrons. The third-order valence-electron chi connectivity index (χ3n) is 5.39. The van der Waals surface area contributed by atoms with Crippen molar-refractivity contribution >= 4 is 44.4 Å². The van der Waals surface area contributed by atoms with Gasteiger partial charge in [-0.25, -0.2) is 4.98 Å². The van der Waals surface area contributed by atoms with Gasteiger partial charge in [0.2, 0.25) is 5.91 Å². The average molecular weight is 471 g/mol. The lowest BCUT2D eigenvalue weighted by Gasteiger charge is -2.34. The van der Waals surface area contributed by atoms with E-state index in [1.807, 2.05) is 37.3 Å². The van der Waals surface area contributed by atoms with E-state index in [0.717, 1.165) is 54.9 Å². The number of carbonyl (C=O) groups excluding carboxylic acids is 1. The third-order valence-corrected chi connectivity index (χ3v) is 7.49. The molecule has 1 aliphatic heterocycles. The molecule has 6 nitrogen and oxygen atoms in total. The second-order valence-corrected chi connectivity index (χ2v) is 9.83. The first-order valence-electron chi connectivity index (χ1n) is 11.2. The Balaban J connectivity index is 1.15. The van der Waals surface area contributed by atoms with Gasteiger partial charge in [0.25, 0.3) is 0 Å². The lowest BCUT2D eigenvalue weighted by atomic mass is 10.3. The number of rotatable bonds is 10. The Labute approximate surface area is 198 Å². The van der Waals surface area contributed by atoms with E-state index in [9.17, 15) is 4.79 Å². The number of thioether (sulfide) groups is 1. The van der Waals surface area contributed by atoms with E-state index in [2.05, 4.69) is 33.3 Å². The lowest BCUT2D eigenvalue weighted by molar-refractivity contribution is -0.120. The number of anilines is 1. The number of hydrogen-bond acceptors (Lipinski definition) is 7. The molecule has 0 aliphatic carbocycles. The van der Waals surface area contributed by atoms with Crippen LogP contribution in [0.25, 0.3) is 10.2 Å². The zero-order chi connectivity index (χ0) is 22.2. The summed E-state index contributed by atoms with van der Waals surface area (Å²) in [5.41, 5.74) is 1.03. The molecule has 1 fully saturated rings. The van der Waals surface area contributed by atoms with Gasteiger partial charge in [-0.05, 0) is 37.3 Å². The van der Waals surface area contributed by atoms with Crippen LogP contribution < -0.4 is 15.0 Å². The Morgan fingerprint density at radius 2 is 1.97 bits per heavy atom. The number of nitrogens with one attached hydrogen (secondary N) is 1.